The van der Waals surface area contributed by atoms with Crippen LogP contribution >= 0.6 is 22.6 Å². The highest BCUT2D eigenvalue weighted by atomic mass is 127. The minimum absolute atomic E-state index is 0.232. The van der Waals surface area contributed by atoms with Crippen molar-refractivity contribution >= 4 is 22.6 Å². The molecule has 94 valence electrons. The fraction of sp³-hybridized carbons (Fsp3) is 0.143. The molecule has 0 saturated heterocycles. The summed E-state index contributed by atoms with van der Waals surface area (Å²) in [6.07, 6.45) is 0.871. The molecule has 0 aliphatic heterocycles. The van der Waals surface area contributed by atoms with Crippen LogP contribution in [0.25, 0.3) is 0 Å². The normalized spacial score (nSPS) is 10.3. The molecule has 0 aliphatic carbocycles. The predicted molar refractivity (Wildman–Crippen MR) is 80.1 cm³/mol. The molecule has 2 rings (SSSR count). The second kappa shape index (κ2) is 6.06. The van der Waals surface area contributed by atoms with E-state index in [-0.39, 0.29) is 5.75 Å². The van der Waals surface area contributed by atoms with Gasteiger partial charge >= 0.3 is 0 Å². The Kier molecular flexibility index (Phi) is 4.43. The van der Waals surface area contributed by atoms with Crippen molar-refractivity contribution in [2.24, 2.45) is 5.73 Å². The molecule has 2 aromatic rings. The summed E-state index contributed by atoms with van der Waals surface area (Å²) >= 11 is 2.24. The summed E-state index contributed by atoms with van der Waals surface area (Å²) < 4.78 is 6.80. The van der Waals surface area contributed by atoms with Crippen molar-refractivity contribution in [3.8, 4) is 17.2 Å². The number of halogens is 1. The SMILES string of the molecule is NCCc1ccc(O[13c]2[13cH][13cH][13c](O)[13cH][13cH]2)c(I)c1. The average molecular weight is 361 g/mol. The summed E-state index contributed by atoms with van der Waals surface area (Å²) in [6.45, 7) is 0.647. The Morgan fingerprint density at radius 3 is 2.44 bits per heavy atom. The lowest BCUT2D eigenvalue weighted by Gasteiger charge is -2.09. The van der Waals surface area contributed by atoms with E-state index in [0.29, 0.717) is 12.3 Å². The van der Waals surface area contributed by atoms with Crippen molar-refractivity contribution in [1.29, 1.82) is 0 Å². The van der Waals surface area contributed by atoms with E-state index in [1.54, 1.807) is 24.3 Å². The predicted octanol–water partition coefficient (Wildman–Crippen LogP) is 3.29. The van der Waals surface area contributed by atoms with Crippen LogP contribution in [0.3, 0.4) is 0 Å². The van der Waals surface area contributed by atoms with Crippen molar-refractivity contribution in [3.05, 3.63) is 51.6 Å². The number of phenolic OH excluding ortho intramolecular Hbond substituents is 1. The Labute approximate surface area is 120 Å². The summed E-state index contributed by atoms with van der Waals surface area (Å²) in [7, 11) is 0. The van der Waals surface area contributed by atoms with Gasteiger partial charge in [-0.25, -0.2) is 0 Å². The van der Waals surface area contributed by atoms with Gasteiger partial charge in [0.2, 0.25) is 0 Å². The van der Waals surface area contributed by atoms with Gasteiger partial charge in [-0.2, -0.15) is 0 Å². The Morgan fingerprint density at radius 1 is 1.11 bits per heavy atom. The Hall–Kier alpha value is -1.27. The zero-order chi connectivity index (χ0) is 13.0. The monoisotopic (exact) mass is 361 g/mol. The first-order chi connectivity index (χ1) is 8.69. The lowest BCUT2D eigenvalue weighted by atomic mass is 10.1. The van der Waals surface area contributed by atoms with Crippen molar-refractivity contribution in [1.82, 2.24) is 0 Å². The maximum Gasteiger partial charge on any atom is 0.140 e. The highest BCUT2D eigenvalue weighted by Crippen LogP contribution is 2.28. The molecule has 0 aromatic heterocycles. The average Bonchev–Trinajstić information content (AvgIpc) is 2.36. The molecule has 0 bridgehead atoms. The molecule has 2 aromatic carbocycles. The first-order valence-corrected chi connectivity index (χ1v) is 6.72. The van der Waals surface area contributed by atoms with E-state index in [9.17, 15) is 5.11 Å². The first kappa shape index (κ1) is 13.2. The van der Waals surface area contributed by atoms with E-state index in [1.807, 2.05) is 12.1 Å². The Balaban J connectivity index is 2.16. The maximum atomic E-state index is 9.20. The number of benzene rings is 2. The van der Waals surface area contributed by atoms with Crippen LogP contribution in [0, 0.1) is 3.57 Å². The van der Waals surface area contributed by atoms with Gasteiger partial charge in [0.05, 0.1) is 3.57 Å². The number of hydrogen-bond acceptors (Lipinski definition) is 3. The van der Waals surface area contributed by atoms with Gasteiger partial charge in [0.15, 0.2) is 0 Å². The zero-order valence-corrected chi connectivity index (χ0v) is 11.9. The van der Waals surface area contributed by atoms with Crippen LogP contribution in [0.2, 0.25) is 0 Å². The van der Waals surface area contributed by atoms with Crippen molar-refractivity contribution in [2.45, 2.75) is 6.42 Å². The third kappa shape index (κ3) is 3.36. The highest BCUT2D eigenvalue weighted by Gasteiger charge is 2.04. The third-order valence-corrected chi connectivity index (χ3v) is 3.34. The molecule has 0 heterocycles. The molecular formula is C14H14INO2. The molecule has 0 radical (unpaired) electrons. The van der Waals surface area contributed by atoms with Crippen molar-refractivity contribution < 1.29 is 9.84 Å². The number of hydrogen-bond donors (Lipinski definition) is 2. The molecule has 0 amide bonds. The van der Waals surface area contributed by atoms with Crippen LogP contribution < -0.4 is 10.5 Å². The van der Waals surface area contributed by atoms with E-state index in [0.717, 1.165) is 15.7 Å². The van der Waals surface area contributed by atoms with Gasteiger partial charge in [0, 0.05) is 0 Å². The fourth-order valence-corrected chi connectivity index (χ4v) is 2.28. The molecule has 3 nitrogen and oxygen atoms in total. The molecule has 0 spiro atoms. The Bertz CT molecular complexity index is 526. The van der Waals surface area contributed by atoms with E-state index >= 15 is 0 Å². The molecule has 0 fully saturated rings. The summed E-state index contributed by atoms with van der Waals surface area (Å²) in [4.78, 5) is 0. The van der Waals surface area contributed by atoms with E-state index in [1.165, 1.54) is 5.56 Å². The molecule has 4 heteroatoms. The number of aromatic hydroxyl groups is 1. The van der Waals surface area contributed by atoms with Gasteiger partial charge < -0.3 is 15.6 Å². The van der Waals surface area contributed by atoms with Crippen LogP contribution in [0.4, 0.5) is 0 Å². The standard InChI is InChI=1S/C14H14INO2/c15-13-9-10(7-8-16)1-6-14(13)18-12-4-2-11(17)3-5-12/h1-6,9,17H,7-8,16H2/i2+1,3+1,4+1,5+1,11+1,12+1. The zero-order valence-electron chi connectivity index (χ0n) is 9.77. The maximum absolute atomic E-state index is 9.20. The molecule has 0 saturated carbocycles. The van der Waals surface area contributed by atoms with Gasteiger partial charge in [-0.3, -0.25) is 0 Å². The number of phenols is 1. The second-order valence-corrected chi connectivity index (χ2v) is 5.06. The number of ether oxygens (including phenoxy) is 1. The minimum atomic E-state index is 0.232. The molecule has 0 atom stereocenters. The van der Waals surface area contributed by atoms with Crippen LogP contribution in [0.1, 0.15) is 5.56 Å². The highest BCUT2D eigenvalue weighted by molar-refractivity contribution is 14.1. The van der Waals surface area contributed by atoms with Gasteiger partial charge in [-0.05, 0) is 77.5 Å². The lowest BCUT2D eigenvalue weighted by molar-refractivity contribution is 0.463. The van der Waals surface area contributed by atoms with E-state index < -0.39 is 0 Å². The van der Waals surface area contributed by atoms with Gasteiger partial charge in [-0.1, -0.05) is 6.07 Å². The topological polar surface area (TPSA) is 55.5 Å². The summed E-state index contributed by atoms with van der Waals surface area (Å²) in [5.74, 6) is 1.75. The van der Waals surface area contributed by atoms with Crippen molar-refractivity contribution in [2.75, 3.05) is 6.54 Å². The quantitative estimate of drug-likeness (QED) is 0.822. The van der Waals surface area contributed by atoms with E-state index in [2.05, 4.69) is 28.7 Å². The second-order valence-electron chi connectivity index (χ2n) is 3.90. The van der Waals surface area contributed by atoms with Crippen LogP contribution in [-0.4, -0.2) is 11.7 Å². The van der Waals surface area contributed by atoms with Gasteiger partial charge in [0.25, 0.3) is 0 Å². The molecule has 0 aliphatic rings. The number of rotatable bonds is 4. The van der Waals surface area contributed by atoms with Crippen LogP contribution in [0.5, 0.6) is 17.2 Å². The summed E-state index contributed by atoms with van der Waals surface area (Å²) in [5, 5.41) is 9.20. The third-order valence-electron chi connectivity index (χ3n) is 2.49. The van der Waals surface area contributed by atoms with Crippen LogP contribution in [-0.2, 0) is 6.42 Å². The van der Waals surface area contributed by atoms with E-state index in [4.69, 9.17) is 10.5 Å². The lowest BCUT2D eigenvalue weighted by Crippen LogP contribution is -2.02. The van der Waals surface area contributed by atoms with Crippen molar-refractivity contribution in [3.63, 3.8) is 0 Å². The summed E-state index contributed by atoms with van der Waals surface area (Å²) in [5.41, 5.74) is 6.74. The van der Waals surface area contributed by atoms with Crippen LogP contribution in [0.15, 0.2) is 42.5 Å². The van der Waals surface area contributed by atoms with Gasteiger partial charge in [0.1, 0.15) is 17.2 Å². The largest absolute Gasteiger partial charge is 0.508 e. The number of nitrogens with two attached hydrogens (primary N) is 1. The molecular weight excluding hydrogens is 347 g/mol. The van der Waals surface area contributed by atoms with Gasteiger partial charge in [-0.15, -0.1) is 0 Å². The molecule has 3 N–H and O–H groups in total. The molecule has 18 heavy (non-hydrogen) atoms. The fourth-order valence-electron chi connectivity index (χ4n) is 1.59. The molecule has 0 unspecified atom stereocenters. The smallest absolute Gasteiger partial charge is 0.140 e. The summed E-state index contributed by atoms with van der Waals surface area (Å²) in [6, 6.07) is 12.7. The Morgan fingerprint density at radius 2 is 1.83 bits per heavy atom. The first-order valence-electron chi connectivity index (χ1n) is 5.64. The minimum Gasteiger partial charge on any atom is -0.508 e.